The Morgan fingerprint density at radius 2 is 2.12 bits per heavy atom. The SMILES string of the molecule is COc1c(I)cc(CBr)nc1OC(F)(F)F. The lowest BCUT2D eigenvalue weighted by molar-refractivity contribution is -0.276. The standard InChI is InChI=1S/C8H6BrF3INO2/c1-15-6-5(13)2-4(3-9)14-7(6)16-8(10,11)12/h2H,3H2,1H3. The summed E-state index contributed by atoms with van der Waals surface area (Å²) >= 11 is 4.96. The monoisotopic (exact) mass is 411 g/mol. The maximum absolute atomic E-state index is 12.1. The van der Waals surface area contributed by atoms with Crippen molar-refractivity contribution in [3.63, 3.8) is 0 Å². The molecule has 0 unspecified atom stereocenters. The average molecular weight is 412 g/mol. The number of ether oxygens (including phenoxy) is 2. The summed E-state index contributed by atoms with van der Waals surface area (Å²) in [5.41, 5.74) is 0.435. The summed E-state index contributed by atoms with van der Waals surface area (Å²) in [6, 6.07) is 1.61. The fraction of sp³-hybridized carbons (Fsp3) is 0.375. The number of hydrogen-bond donors (Lipinski definition) is 0. The first-order valence-electron chi connectivity index (χ1n) is 3.92. The van der Waals surface area contributed by atoms with Gasteiger partial charge in [0, 0.05) is 5.33 Å². The molecular weight excluding hydrogens is 406 g/mol. The van der Waals surface area contributed by atoms with E-state index in [4.69, 9.17) is 4.74 Å². The van der Waals surface area contributed by atoms with Crippen molar-refractivity contribution in [3.8, 4) is 11.6 Å². The number of rotatable bonds is 3. The van der Waals surface area contributed by atoms with Crippen LogP contribution in [0.5, 0.6) is 11.6 Å². The molecule has 0 atom stereocenters. The molecule has 16 heavy (non-hydrogen) atoms. The predicted molar refractivity (Wildman–Crippen MR) is 62.8 cm³/mol. The molecule has 0 aliphatic heterocycles. The predicted octanol–water partition coefficient (Wildman–Crippen LogP) is 3.49. The molecule has 0 radical (unpaired) electrons. The molecule has 0 amide bonds. The Kier molecular flexibility index (Phi) is 4.65. The molecule has 0 aliphatic carbocycles. The van der Waals surface area contributed by atoms with Gasteiger partial charge in [0.1, 0.15) is 0 Å². The lowest BCUT2D eigenvalue weighted by atomic mass is 10.3. The van der Waals surface area contributed by atoms with Crippen LogP contribution in [0.4, 0.5) is 13.2 Å². The van der Waals surface area contributed by atoms with Crippen LogP contribution in [-0.4, -0.2) is 18.5 Å². The Morgan fingerprint density at radius 1 is 1.50 bits per heavy atom. The van der Waals surface area contributed by atoms with Gasteiger partial charge in [0.15, 0.2) is 5.75 Å². The van der Waals surface area contributed by atoms with E-state index in [0.717, 1.165) is 0 Å². The molecule has 90 valence electrons. The van der Waals surface area contributed by atoms with Gasteiger partial charge in [0.25, 0.3) is 5.88 Å². The van der Waals surface area contributed by atoms with Crippen LogP contribution in [0.2, 0.25) is 0 Å². The molecule has 1 aromatic rings. The first-order valence-corrected chi connectivity index (χ1v) is 6.12. The van der Waals surface area contributed by atoms with Crippen LogP contribution in [0, 0.1) is 3.57 Å². The van der Waals surface area contributed by atoms with Gasteiger partial charge in [-0.05, 0) is 28.7 Å². The van der Waals surface area contributed by atoms with Crippen molar-refractivity contribution in [2.75, 3.05) is 7.11 Å². The van der Waals surface area contributed by atoms with E-state index in [2.05, 4.69) is 25.7 Å². The summed E-state index contributed by atoms with van der Waals surface area (Å²) < 4.78 is 45.4. The van der Waals surface area contributed by atoms with Crippen molar-refractivity contribution in [2.24, 2.45) is 0 Å². The zero-order chi connectivity index (χ0) is 12.3. The van der Waals surface area contributed by atoms with Gasteiger partial charge in [0.2, 0.25) is 0 Å². The fourth-order valence-corrected chi connectivity index (χ4v) is 2.06. The smallest absolute Gasteiger partial charge is 0.490 e. The molecule has 0 bridgehead atoms. The highest BCUT2D eigenvalue weighted by atomic mass is 127. The second kappa shape index (κ2) is 5.39. The van der Waals surface area contributed by atoms with Crippen molar-refractivity contribution in [1.29, 1.82) is 0 Å². The summed E-state index contributed by atoms with van der Waals surface area (Å²) in [6.45, 7) is 0. The second-order valence-corrected chi connectivity index (χ2v) is 4.34. The molecule has 0 aromatic carbocycles. The molecule has 0 spiro atoms. The average Bonchev–Trinajstić information content (AvgIpc) is 2.14. The van der Waals surface area contributed by atoms with E-state index >= 15 is 0 Å². The van der Waals surface area contributed by atoms with E-state index in [1.807, 2.05) is 22.6 Å². The lowest BCUT2D eigenvalue weighted by Gasteiger charge is -2.13. The number of alkyl halides is 4. The largest absolute Gasteiger partial charge is 0.574 e. The Hall–Kier alpha value is -0.250. The lowest BCUT2D eigenvalue weighted by Crippen LogP contribution is -2.19. The van der Waals surface area contributed by atoms with Crippen molar-refractivity contribution in [3.05, 3.63) is 15.3 Å². The maximum atomic E-state index is 12.1. The van der Waals surface area contributed by atoms with Crippen molar-refractivity contribution >= 4 is 38.5 Å². The minimum atomic E-state index is -4.78. The third-order valence-corrected chi connectivity index (χ3v) is 2.88. The van der Waals surface area contributed by atoms with Crippen molar-refractivity contribution in [2.45, 2.75) is 11.7 Å². The van der Waals surface area contributed by atoms with Crippen LogP contribution in [0.1, 0.15) is 5.69 Å². The molecule has 0 saturated heterocycles. The molecule has 0 N–H and O–H groups in total. The fourth-order valence-electron chi connectivity index (χ4n) is 0.960. The second-order valence-electron chi connectivity index (χ2n) is 2.62. The van der Waals surface area contributed by atoms with Gasteiger partial charge in [-0.2, -0.15) is 0 Å². The number of aromatic nitrogens is 1. The molecule has 0 fully saturated rings. The number of pyridine rings is 1. The van der Waals surface area contributed by atoms with E-state index in [1.54, 1.807) is 6.07 Å². The Labute approximate surface area is 112 Å². The number of halogens is 5. The first-order chi connectivity index (χ1) is 7.37. The topological polar surface area (TPSA) is 31.4 Å². The van der Waals surface area contributed by atoms with Crippen LogP contribution < -0.4 is 9.47 Å². The van der Waals surface area contributed by atoms with Crippen molar-refractivity contribution < 1.29 is 22.6 Å². The number of hydrogen-bond acceptors (Lipinski definition) is 3. The molecule has 0 saturated carbocycles. The maximum Gasteiger partial charge on any atom is 0.574 e. The summed E-state index contributed by atoms with van der Waals surface area (Å²) in [4.78, 5) is 3.69. The van der Waals surface area contributed by atoms with Gasteiger partial charge >= 0.3 is 6.36 Å². The highest BCUT2D eigenvalue weighted by Gasteiger charge is 2.34. The van der Waals surface area contributed by atoms with Crippen LogP contribution in [0.25, 0.3) is 0 Å². The zero-order valence-corrected chi connectivity index (χ0v) is 11.7. The minimum Gasteiger partial charge on any atom is -0.490 e. The summed E-state index contributed by atoms with van der Waals surface area (Å²) in [6.07, 6.45) is -4.78. The highest BCUT2D eigenvalue weighted by molar-refractivity contribution is 14.1. The van der Waals surface area contributed by atoms with Crippen LogP contribution in [-0.2, 0) is 5.33 Å². The van der Waals surface area contributed by atoms with E-state index in [9.17, 15) is 13.2 Å². The molecule has 0 aliphatic rings. The van der Waals surface area contributed by atoms with E-state index < -0.39 is 12.2 Å². The summed E-state index contributed by atoms with van der Waals surface area (Å²) in [7, 11) is 1.26. The molecule has 1 aromatic heterocycles. The minimum absolute atomic E-state index is 0.0253. The van der Waals surface area contributed by atoms with E-state index in [1.165, 1.54) is 7.11 Å². The van der Waals surface area contributed by atoms with Gasteiger partial charge in [-0.3, -0.25) is 0 Å². The van der Waals surface area contributed by atoms with E-state index in [-0.39, 0.29) is 5.75 Å². The van der Waals surface area contributed by atoms with E-state index in [0.29, 0.717) is 14.6 Å². The van der Waals surface area contributed by atoms with Crippen LogP contribution >= 0.6 is 38.5 Å². The number of nitrogens with zero attached hydrogens (tertiary/aromatic N) is 1. The van der Waals surface area contributed by atoms with Crippen LogP contribution in [0.15, 0.2) is 6.07 Å². The molecule has 1 heterocycles. The normalized spacial score (nSPS) is 11.4. The molecule has 3 nitrogen and oxygen atoms in total. The van der Waals surface area contributed by atoms with Gasteiger partial charge in [-0.15, -0.1) is 13.2 Å². The first kappa shape index (κ1) is 13.8. The molecule has 8 heteroatoms. The Bertz CT molecular complexity index is 386. The van der Waals surface area contributed by atoms with Gasteiger partial charge in [0.05, 0.1) is 16.4 Å². The quantitative estimate of drug-likeness (QED) is 0.563. The highest BCUT2D eigenvalue weighted by Crippen LogP contribution is 2.34. The van der Waals surface area contributed by atoms with Gasteiger partial charge in [-0.1, -0.05) is 15.9 Å². The van der Waals surface area contributed by atoms with Gasteiger partial charge < -0.3 is 9.47 Å². The third-order valence-electron chi connectivity index (χ3n) is 1.50. The summed E-state index contributed by atoms with van der Waals surface area (Å²) in [5, 5.41) is 0.335. The number of methoxy groups -OCH3 is 1. The molecule has 1 rings (SSSR count). The zero-order valence-electron chi connectivity index (χ0n) is 7.94. The summed E-state index contributed by atoms with van der Waals surface area (Å²) in [5.74, 6) is -0.598. The third kappa shape index (κ3) is 3.65. The molecular formula is C8H6BrF3INO2. The van der Waals surface area contributed by atoms with Gasteiger partial charge in [-0.25, -0.2) is 4.98 Å². The Balaban J connectivity index is 3.18. The van der Waals surface area contributed by atoms with Crippen molar-refractivity contribution in [1.82, 2.24) is 4.98 Å². The Morgan fingerprint density at radius 3 is 2.56 bits per heavy atom. The van der Waals surface area contributed by atoms with Crippen LogP contribution in [0.3, 0.4) is 0 Å².